The van der Waals surface area contributed by atoms with Crippen LogP contribution >= 0.6 is 0 Å². The van der Waals surface area contributed by atoms with Crippen molar-refractivity contribution >= 4 is 0 Å². The van der Waals surface area contributed by atoms with Crippen molar-refractivity contribution in [3.8, 4) is 0 Å². The lowest BCUT2D eigenvalue weighted by atomic mass is 9.75. The van der Waals surface area contributed by atoms with E-state index in [1.165, 1.54) is 25.7 Å². The molecule has 2 N–H and O–H groups in total. The van der Waals surface area contributed by atoms with E-state index in [1.54, 1.807) is 0 Å². The molecule has 0 heterocycles. The molecule has 2 heteroatoms. The zero-order valence-electron chi connectivity index (χ0n) is 9.14. The summed E-state index contributed by atoms with van der Waals surface area (Å²) in [6, 6.07) is 0.866. The van der Waals surface area contributed by atoms with Crippen LogP contribution in [0.25, 0.3) is 0 Å². The molecule has 13 heavy (non-hydrogen) atoms. The maximum absolute atomic E-state index is 8.93. The second-order valence-electron chi connectivity index (χ2n) is 5.21. The number of nitrogens with one attached hydrogen (secondary N) is 1. The van der Waals surface area contributed by atoms with Crippen LogP contribution in [0.3, 0.4) is 0 Å². The first-order valence-electron chi connectivity index (χ1n) is 5.40. The van der Waals surface area contributed by atoms with Gasteiger partial charge in [0, 0.05) is 12.1 Å². The highest BCUT2D eigenvalue weighted by molar-refractivity contribution is 4.84. The van der Waals surface area contributed by atoms with Gasteiger partial charge in [-0.3, -0.25) is 0 Å². The fraction of sp³-hybridized carbons (Fsp3) is 1.00. The lowest BCUT2D eigenvalue weighted by Crippen LogP contribution is -2.43. The summed E-state index contributed by atoms with van der Waals surface area (Å²) in [5.74, 6) is 0. The van der Waals surface area contributed by atoms with E-state index in [4.69, 9.17) is 5.11 Å². The zero-order chi connectivity index (χ0) is 9.90. The van der Waals surface area contributed by atoms with Gasteiger partial charge in [-0.05, 0) is 31.6 Å². The predicted molar refractivity (Wildman–Crippen MR) is 55.7 cm³/mol. The predicted octanol–water partition coefficient (Wildman–Crippen LogP) is 1.93. The van der Waals surface area contributed by atoms with Crippen molar-refractivity contribution in [1.82, 2.24) is 5.32 Å². The molecule has 78 valence electrons. The van der Waals surface area contributed by atoms with E-state index in [1.807, 2.05) is 6.92 Å². The van der Waals surface area contributed by atoms with Crippen molar-refractivity contribution in [3.63, 3.8) is 0 Å². The molecule has 1 fully saturated rings. The minimum Gasteiger partial charge on any atom is -0.395 e. The number of hydrogen-bond donors (Lipinski definition) is 2. The van der Waals surface area contributed by atoms with Crippen LogP contribution in [0, 0.1) is 5.41 Å². The lowest BCUT2D eigenvalue weighted by molar-refractivity contribution is 0.171. The Morgan fingerprint density at radius 3 is 2.77 bits per heavy atom. The molecule has 0 aromatic heterocycles. The Bertz CT molecular complexity index is 156. The molecule has 0 unspecified atom stereocenters. The van der Waals surface area contributed by atoms with Gasteiger partial charge in [0.1, 0.15) is 0 Å². The monoisotopic (exact) mass is 185 g/mol. The summed E-state index contributed by atoms with van der Waals surface area (Å²) < 4.78 is 0. The van der Waals surface area contributed by atoms with Crippen LogP contribution in [0.5, 0.6) is 0 Å². The Kier molecular flexibility index (Phi) is 3.74. The second-order valence-corrected chi connectivity index (χ2v) is 5.21. The molecule has 0 spiro atoms. The first kappa shape index (κ1) is 11.0. The van der Waals surface area contributed by atoms with Crippen LogP contribution in [0.15, 0.2) is 0 Å². The van der Waals surface area contributed by atoms with Gasteiger partial charge in [0.05, 0.1) is 6.61 Å². The van der Waals surface area contributed by atoms with Crippen LogP contribution in [-0.4, -0.2) is 23.8 Å². The third kappa shape index (κ3) is 3.65. The minimum atomic E-state index is 0.247. The lowest BCUT2D eigenvalue weighted by Gasteiger charge is -2.36. The smallest absolute Gasteiger partial charge is 0.0582 e. The number of aliphatic hydroxyl groups is 1. The Morgan fingerprint density at radius 2 is 2.23 bits per heavy atom. The van der Waals surface area contributed by atoms with Gasteiger partial charge in [0.15, 0.2) is 0 Å². The Balaban J connectivity index is 2.34. The molecule has 2 nitrogen and oxygen atoms in total. The Hall–Kier alpha value is -0.0800. The molecule has 0 aliphatic heterocycles. The van der Waals surface area contributed by atoms with Gasteiger partial charge in [0.25, 0.3) is 0 Å². The fourth-order valence-electron chi connectivity index (χ4n) is 2.30. The highest BCUT2D eigenvalue weighted by Crippen LogP contribution is 2.35. The van der Waals surface area contributed by atoms with Gasteiger partial charge >= 0.3 is 0 Å². The van der Waals surface area contributed by atoms with Gasteiger partial charge in [-0.25, -0.2) is 0 Å². The SMILES string of the molecule is C[C@H](CO)N[C@@H]1CCCC(C)(C)C1. The third-order valence-electron chi connectivity index (χ3n) is 3.00. The quantitative estimate of drug-likeness (QED) is 0.704. The first-order valence-corrected chi connectivity index (χ1v) is 5.40. The van der Waals surface area contributed by atoms with E-state index in [0.29, 0.717) is 11.5 Å². The average molecular weight is 185 g/mol. The summed E-state index contributed by atoms with van der Waals surface area (Å²) in [5.41, 5.74) is 0.491. The average Bonchev–Trinajstić information content (AvgIpc) is 2.02. The normalized spacial score (nSPS) is 30.0. The standard InChI is InChI=1S/C11H23NO/c1-9(8-13)12-10-5-4-6-11(2,3)7-10/h9-10,12-13H,4-8H2,1-3H3/t9-,10-/m1/s1. The summed E-state index contributed by atoms with van der Waals surface area (Å²) in [6.45, 7) is 6.97. The molecule has 1 aliphatic carbocycles. The fourth-order valence-corrected chi connectivity index (χ4v) is 2.30. The molecule has 0 saturated heterocycles. The molecule has 0 aromatic rings. The maximum Gasteiger partial charge on any atom is 0.0582 e. The van der Waals surface area contributed by atoms with Crippen LogP contribution < -0.4 is 5.32 Å². The van der Waals surface area contributed by atoms with E-state index in [9.17, 15) is 0 Å². The van der Waals surface area contributed by atoms with E-state index >= 15 is 0 Å². The topological polar surface area (TPSA) is 32.3 Å². The van der Waals surface area contributed by atoms with Crippen LogP contribution in [0.2, 0.25) is 0 Å². The highest BCUT2D eigenvalue weighted by Gasteiger charge is 2.28. The van der Waals surface area contributed by atoms with Crippen LogP contribution in [0.4, 0.5) is 0 Å². The van der Waals surface area contributed by atoms with Gasteiger partial charge in [0.2, 0.25) is 0 Å². The summed E-state index contributed by atoms with van der Waals surface area (Å²) in [6.07, 6.45) is 5.19. The molecule has 0 bridgehead atoms. The highest BCUT2D eigenvalue weighted by atomic mass is 16.3. The Labute approximate surface area is 81.7 Å². The molecular weight excluding hydrogens is 162 g/mol. The van der Waals surface area contributed by atoms with Crippen molar-refractivity contribution in [2.75, 3.05) is 6.61 Å². The van der Waals surface area contributed by atoms with Crippen molar-refractivity contribution in [1.29, 1.82) is 0 Å². The van der Waals surface area contributed by atoms with Crippen LogP contribution in [0.1, 0.15) is 46.5 Å². The second kappa shape index (κ2) is 4.43. The zero-order valence-corrected chi connectivity index (χ0v) is 9.14. The Morgan fingerprint density at radius 1 is 1.54 bits per heavy atom. The molecule has 0 amide bonds. The van der Waals surface area contributed by atoms with E-state index in [0.717, 1.165) is 0 Å². The van der Waals surface area contributed by atoms with Gasteiger partial charge < -0.3 is 10.4 Å². The van der Waals surface area contributed by atoms with Gasteiger partial charge in [-0.1, -0.05) is 20.3 Å². The molecule has 1 saturated carbocycles. The molecule has 1 rings (SSSR count). The third-order valence-corrected chi connectivity index (χ3v) is 3.00. The largest absolute Gasteiger partial charge is 0.395 e. The molecular formula is C11H23NO. The van der Waals surface area contributed by atoms with Gasteiger partial charge in [-0.2, -0.15) is 0 Å². The molecule has 0 aromatic carbocycles. The molecule has 0 radical (unpaired) electrons. The number of hydrogen-bond acceptors (Lipinski definition) is 2. The molecule has 2 atom stereocenters. The summed E-state index contributed by atoms with van der Waals surface area (Å²) in [7, 11) is 0. The maximum atomic E-state index is 8.93. The van der Waals surface area contributed by atoms with Crippen molar-refractivity contribution in [2.45, 2.75) is 58.5 Å². The van der Waals surface area contributed by atoms with Crippen molar-refractivity contribution < 1.29 is 5.11 Å². The minimum absolute atomic E-state index is 0.247. The van der Waals surface area contributed by atoms with E-state index in [2.05, 4.69) is 19.2 Å². The van der Waals surface area contributed by atoms with E-state index < -0.39 is 0 Å². The first-order chi connectivity index (χ1) is 6.03. The van der Waals surface area contributed by atoms with Gasteiger partial charge in [-0.15, -0.1) is 0 Å². The number of aliphatic hydroxyl groups excluding tert-OH is 1. The summed E-state index contributed by atoms with van der Waals surface area (Å²) >= 11 is 0. The van der Waals surface area contributed by atoms with Crippen molar-refractivity contribution in [3.05, 3.63) is 0 Å². The molecule has 1 aliphatic rings. The van der Waals surface area contributed by atoms with Crippen LogP contribution in [-0.2, 0) is 0 Å². The summed E-state index contributed by atoms with van der Waals surface area (Å²) in [4.78, 5) is 0. The van der Waals surface area contributed by atoms with Crippen molar-refractivity contribution in [2.24, 2.45) is 5.41 Å². The number of rotatable bonds is 3. The summed E-state index contributed by atoms with van der Waals surface area (Å²) in [5, 5.41) is 12.4. The van der Waals surface area contributed by atoms with E-state index in [-0.39, 0.29) is 12.6 Å².